The summed E-state index contributed by atoms with van der Waals surface area (Å²) >= 11 is 0. The van der Waals surface area contributed by atoms with Gasteiger partial charge in [0.15, 0.2) is 23.4 Å². The fourth-order valence-electron chi connectivity index (χ4n) is 3.74. The number of rotatable bonds is 3. The SMILES string of the molecule is CCOC(=O)C1CC2=C(CO1)C(=O)c1cc3ccccc3c(OC(C)=O)c1C2=O. The highest BCUT2D eigenvalue weighted by Crippen LogP contribution is 2.41. The molecule has 0 saturated heterocycles. The predicted molar refractivity (Wildman–Crippen MR) is 102 cm³/mol. The van der Waals surface area contributed by atoms with Crippen molar-refractivity contribution in [1.82, 2.24) is 0 Å². The number of ether oxygens (including phenoxy) is 3. The first kappa shape index (κ1) is 19.0. The van der Waals surface area contributed by atoms with Crippen molar-refractivity contribution in [3.8, 4) is 5.75 Å². The molecule has 0 fully saturated rings. The Morgan fingerprint density at radius 3 is 2.62 bits per heavy atom. The maximum atomic E-state index is 13.4. The van der Waals surface area contributed by atoms with Crippen LogP contribution in [0.2, 0.25) is 0 Å². The van der Waals surface area contributed by atoms with Crippen LogP contribution in [0, 0.1) is 0 Å². The second kappa shape index (κ2) is 7.25. The Kier molecular flexibility index (Phi) is 4.76. The Bertz CT molecular complexity index is 1110. The van der Waals surface area contributed by atoms with Gasteiger partial charge in [-0.3, -0.25) is 14.4 Å². The Hall–Kier alpha value is -3.32. The molecule has 2 aliphatic rings. The van der Waals surface area contributed by atoms with Crippen LogP contribution in [0.1, 0.15) is 41.0 Å². The molecule has 0 aromatic heterocycles. The summed E-state index contributed by atoms with van der Waals surface area (Å²) in [5.41, 5.74) is 0.650. The Labute approximate surface area is 166 Å². The summed E-state index contributed by atoms with van der Waals surface area (Å²) in [6, 6.07) is 8.67. The molecule has 0 saturated carbocycles. The molecule has 148 valence electrons. The molecule has 0 bridgehead atoms. The van der Waals surface area contributed by atoms with Crippen molar-refractivity contribution in [3.63, 3.8) is 0 Å². The molecule has 7 nitrogen and oxygen atoms in total. The van der Waals surface area contributed by atoms with Gasteiger partial charge in [0.05, 0.1) is 18.8 Å². The van der Waals surface area contributed by atoms with Gasteiger partial charge in [-0.25, -0.2) is 4.79 Å². The van der Waals surface area contributed by atoms with Crippen LogP contribution in [0.15, 0.2) is 41.5 Å². The van der Waals surface area contributed by atoms with Gasteiger partial charge in [-0.15, -0.1) is 0 Å². The van der Waals surface area contributed by atoms with Crippen LogP contribution >= 0.6 is 0 Å². The molecule has 1 heterocycles. The van der Waals surface area contributed by atoms with E-state index in [0.717, 1.165) is 0 Å². The number of benzene rings is 2. The Morgan fingerprint density at radius 1 is 1.14 bits per heavy atom. The second-order valence-electron chi connectivity index (χ2n) is 6.81. The maximum absolute atomic E-state index is 13.4. The zero-order chi connectivity index (χ0) is 20.7. The number of hydrogen-bond donors (Lipinski definition) is 0. The van der Waals surface area contributed by atoms with Gasteiger partial charge in [0.25, 0.3) is 0 Å². The van der Waals surface area contributed by atoms with E-state index in [1.165, 1.54) is 6.92 Å². The van der Waals surface area contributed by atoms with Gasteiger partial charge >= 0.3 is 11.9 Å². The average Bonchev–Trinajstić information content (AvgIpc) is 2.71. The molecule has 1 aliphatic carbocycles. The molecule has 0 amide bonds. The quantitative estimate of drug-likeness (QED) is 0.583. The topological polar surface area (TPSA) is 96.0 Å². The Morgan fingerprint density at radius 2 is 1.90 bits per heavy atom. The molecule has 1 aliphatic heterocycles. The largest absolute Gasteiger partial charge is 0.464 e. The lowest BCUT2D eigenvalue weighted by Gasteiger charge is -2.29. The monoisotopic (exact) mass is 394 g/mol. The summed E-state index contributed by atoms with van der Waals surface area (Å²) in [5.74, 6) is -1.91. The van der Waals surface area contributed by atoms with Gasteiger partial charge in [0, 0.05) is 35.4 Å². The zero-order valence-corrected chi connectivity index (χ0v) is 15.9. The fourth-order valence-corrected chi connectivity index (χ4v) is 3.74. The minimum Gasteiger partial charge on any atom is -0.464 e. The van der Waals surface area contributed by atoms with E-state index in [-0.39, 0.29) is 53.4 Å². The summed E-state index contributed by atoms with van der Waals surface area (Å²) in [6.07, 6.45) is -1.02. The second-order valence-corrected chi connectivity index (χ2v) is 6.81. The van der Waals surface area contributed by atoms with Gasteiger partial charge in [-0.2, -0.15) is 0 Å². The lowest BCUT2D eigenvalue weighted by molar-refractivity contribution is -0.156. The third-order valence-electron chi connectivity index (χ3n) is 5.00. The molecular weight excluding hydrogens is 376 g/mol. The summed E-state index contributed by atoms with van der Waals surface area (Å²) in [5, 5.41) is 1.23. The average molecular weight is 394 g/mol. The van der Waals surface area contributed by atoms with E-state index in [2.05, 4.69) is 0 Å². The molecule has 0 spiro atoms. The summed E-state index contributed by atoms with van der Waals surface area (Å²) in [6.45, 7) is 2.94. The molecule has 29 heavy (non-hydrogen) atoms. The molecule has 0 N–H and O–H groups in total. The number of ketones is 2. The molecule has 0 radical (unpaired) electrons. The van der Waals surface area contributed by atoms with Crippen LogP contribution in [0.3, 0.4) is 0 Å². The van der Waals surface area contributed by atoms with Crippen molar-refractivity contribution in [1.29, 1.82) is 0 Å². The lowest BCUT2D eigenvalue weighted by atomic mass is 9.79. The van der Waals surface area contributed by atoms with E-state index in [4.69, 9.17) is 14.2 Å². The number of hydrogen-bond acceptors (Lipinski definition) is 7. The van der Waals surface area contributed by atoms with Crippen molar-refractivity contribution in [2.24, 2.45) is 0 Å². The first-order chi connectivity index (χ1) is 13.9. The van der Waals surface area contributed by atoms with E-state index in [1.54, 1.807) is 37.3 Å². The van der Waals surface area contributed by atoms with Crippen LogP contribution < -0.4 is 4.74 Å². The maximum Gasteiger partial charge on any atom is 0.335 e. The number of carbonyl (C=O) groups is 4. The van der Waals surface area contributed by atoms with Gasteiger partial charge in [-0.1, -0.05) is 24.3 Å². The summed E-state index contributed by atoms with van der Waals surface area (Å²) < 4.78 is 15.8. The van der Waals surface area contributed by atoms with Gasteiger partial charge < -0.3 is 14.2 Å². The van der Waals surface area contributed by atoms with Gasteiger partial charge in [0.1, 0.15) is 0 Å². The van der Waals surface area contributed by atoms with E-state index >= 15 is 0 Å². The van der Waals surface area contributed by atoms with Crippen molar-refractivity contribution in [2.45, 2.75) is 26.4 Å². The van der Waals surface area contributed by atoms with E-state index in [0.29, 0.717) is 10.8 Å². The van der Waals surface area contributed by atoms with Crippen LogP contribution in [0.4, 0.5) is 0 Å². The minimum atomic E-state index is -0.954. The number of Topliss-reactive ketones (excluding diaryl/α,β-unsaturated/α-hetero) is 2. The van der Waals surface area contributed by atoms with E-state index in [9.17, 15) is 19.2 Å². The molecule has 7 heteroatoms. The highest BCUT2D eigenvalue weighted by atomic mass is 16.6. The Balaban J connectivity index is 1.87. The van der Waals surface area contributed by atoms with Crippen molar-refractivity contribution in [3.05, 3.63) is 52.6 Å². The highest BCUT2D eigenvalue weighted by molar-refractivity contribution is 6.30. The number of carbonyl (C=O) groups excluding carboxylic acids is 4. The predicted octanol–water partition coefficient (Wildman–Crippen LogP) is 2.79. The molecular formula is C22H18O7. The molecule has 1 atom stereocenters. The summed E-state index contributed by atoms with van der Waals surface area (Å²) in [7, 11) is 0. The molecule has 4 rings (SSSR count). The first-order valence-corrected chi connectivity index (χ1v) is 9.26. The molecule has 2 aromatic carbocycles. The first-order valence-electron chi connectivity index (χ1n) is 9.26. The number of esters is 2. The number of fused-ring (bicyclic) bond motifs is 2. The van der Waals surface area contributed by atoms with Crippen LogP contribution in [-0.4, -0.2) is 42.8 Å². The molecule has 1 unspecified atom stereocenters. The highest BCUT2D eigenvalue weighted by Gasteiger charge is 2.41. The van der Waals surface area contributed by atoms with Crippen molar-refractivity contribution < 1.29 is 33.4 Å². The fraction of sp³-hybridized carbons (Fsp3) is 0.273. The smallest absolute Gasteiger partial charge is 0.335 e. The van der Waals surface area contributed by atoms with Crippen LogP contribution in [-0.2, 0) is 19.1 Å². The zero-order valence-electron chi connectivity index (χ0n) is 15.9. The van der Waals surface area contributed by atoms with Crippen molar-refractivity contribution in [2.75, 3.05) is 13.2 Å². The van der Waals surface area contributed by atoms with Gasteiger partial charge in [-0.05, 0) is 18.4 Å². The minimum absolute atomic E-state index is 0.0483. The van der Waals surface area contributed by atoms with E-state index in [1.807, 2.05) is 0 Å². The third-order valence-corrected chi connectivity index (χ3v) is 5.00. The third kappa shape index (κ3) is 3.13. The summed E-state index contributed by atoms with van der Waals surface area (Å²) in [4.78, 5) is 50.3. The molecule has 2 aromatic rings. The van der Waals surface area contributed by atoms with Gasteiger partial charge in [0.2, 0.25) is 0 Å². The lowest BCUT2D eigenvalue weighted by Crippen LogP contribution is -2.37. The standard InChI is InChI=1S/C22H18O7/c1-3-27-22(26)17-9-14-16(10-28-17)19(24)15-8-12-6-4-5-7-13(12)21(29-11(2)23)18(15)20(14)25/h4-8,17H,3,9-10H2,1-2H3. The van der Waals surface area contributed by atoms with E-state index < -0.39 is 23.8 Å². The van der Waals surface area contributed by atoms with Crippen LogP contribution in [0.25, 0.3) is 10.8 Å². The van der Waals surface area contributed by atoms with Crippen molar-refractivity contribution >= 4 is 34.3 Å². The normalized spacial score (nSPS) is 18.3. The van der Waals surface area contributed by atoms with Crippen LogP contribution in [0.5, 0.6) is 5.75 Å².